The Balaban J connectivity index is 1.44. The summed E-state index contributed by atoms with van der Waals surface area (Å²) in [6, 6.07) is -26.7. The van der Waals surface area contributed by atoms with Crippen molar-refractivity contribution in [3.05, 3.63) is 157 Å². The Labute approximate surface area is 350 Å². The maximum Gasteiger partial charge on any atom is 0.136 e. The van der Waals surface area contributed by atoms with E-state index in [0.717, 1.165) is 0 Å². The molecular formula is C50H30O5. The minimum atomic E-state index is -1.32. The fourth-order valence-electron chi connectivity index (χ4n) is 6.89. The van der Waals surface area contributed by atoms with Crippen molar-refractivity contribution in [1.29, 1.82) is 0 Å². The number of furan rings is 1. The van der Waals surface area contributed by atoms with Crippen molar-refractivity contribution in [3.63, 3.8) is 0 Å². The first kappa shape index (κ1) is 14.7. The maximum absolute atomic E-state index is 12.0. The first-order valence-corrected chi connectivity index (χ1v) is 16.1. The van der Waals surface area contributed by atoms with Crippen LogP contribution in [-0.2, 0) is 0 Å². The Hall–Kier alpha value is -7.50. The Morgan fingerprint density at radius 3 is 1.91 bits per heavy atom. The van der Waals surface area contributed by atoms with Gasteiger partial charge in [0.15, 0.2) is 0 Å². The molecule has 0 fully saturated rings. The molecule has 11 aromatic rings. The van der Waals surface area contributed by atoms with Gasteiger partial charge in [0.2, 0.25) is 0 Å². The number of hydrogen-bond acceptors (Lipinski definition) is 5. The van der Waals surface area contributed by atoms with E-state index in [4.69, 9.17) is 25.0 Å². The van der Waals surface area contributed by atoms with Gasteiger partial charge in [-0.2, -0.15) is 0 Å². The molecule has 0 radical (unpaired) electrons. The van der Waals surface area contributed by atoms with E-state index >= 15 is 0 Å². The van der Waals surface area contributed by atoms with Crippen LogP contribution >= 0.6 is 0 Å². The molecule has 0 saturated heterocycles. The Kier molecular flexibility index (Phi) is 3.08. The molecule has 0 aliphatic rings. The second-order valence-corrected chi connectivity index (χ2v) is 12.2. The number of phenolic OH excluding ortho intramolecular Hbond substituents is 4. The van der Waals surface area contributed by atoms with Crippen LogP contribution in [-0.4, -0.2) is 20.4 Å². The third kappa shape index (κ3) is 4.60. The standard InChI is InChI=1S/C50H30O5/c51-31-16-18-38-41(24-31)47(28-8-5-9-29(21-28)48-37-17-15-27-7-1-2-10-33(27)34(37)19-20-43(48)53)35-11-3-4-12-36(35)49(38)39-13-6-14-45-50(39)42-23-30-22-32(52)25-44(54)40(30)26-46(42)55-45/h1-26,51-54H/i1D,2D,3D,4D,5D,6D,7D,8D,9D,10D,11D,12D,13D,14D,15D,16D,17D,18D,19D,20D,21D,22D,23D,24D,25D,26D. The van der Waals surface area contributed by atoms with Crippen LogP contribution in [0.2, 0.25) is 0 Å². The number of fused-ring (bicyclic) bond motifs is 9. The normalized spacial score (nSPS) is 18.5. The quantitative estimate of drug-likeness (QED) is 0.107. The van der Waals surface area contributed by atoms with E-state index in [1.807, 2.05) is 0 Å². The molecule has 1 aromatic heterocycles. The van der Waals surface area contributed by atoms with Crippen LogP contribution in [0.15, 0.2) is 162 Å². The molecule has 0 bridgehead atoms. The van der Waals surface area contributed by atoms with Crippen molar-refractivity contribution in [3.8, 4) is 56.4 Å². The van der Waals surface area contributed by atoms with Crippen LogP contribution in [0.3, 0.4) is 0 Å². The van der Waals surface area contributed by atoms with Gasteiger partial charge in [-0.05, 0) is 125 Å². The molecule has 55 heavy (non-hydrogen) atoms. The summed E-state index contributed by atoms with van der Waals surface area (Å²) in [6.07, 6.45) is 0. The zero-order valence-electron chi connectivity index (χ0n) is 53.2. The van der Waals surface area contributed by atoms with E-state index < -0.39 is 289 Å². The molecule has 11 rings (SSSR count). The smallest absolute Gasteiger partial charge is 0.136 e. The fraction of sp³-hybridized carbons (Fsp3) is 0. The van der Waals surface area contributed by atoms with Gasteiger partial charge in [-0.25, -0.2) is 0 Å². The summed E-state index contributed by atoms with van der Waals surface area (Å²) >= 11 is 0. The van der Waals surface area contributed by atoms with Gasteiger partial charge in [0.05, 0.1) is 35.6 Å². The summed E-state index contributed by atoms with van der Waals surface area (Å²) in [7, 11) is 0. The van der Waals surface area contributed by atoms with Crippen LogP contribution in [0.4, 0.5) is 0 Å². The molecule has 1 heterocycles. The maximum atomic E-state index is 12.0. The molecule has 10 aromatic carbocycles. The topological polar surface area (TPSA) is 94.1 Å². The largest absolute Gasteiger partial charge is 0.508 e. The molecule has 0 aliphatic carbocycles. The summed E-state index contributed by atoms with van der Waals surface area (Å²) in [5.74, 6) is -4.85. The van der Waals surface area contributed by atoms with E-state index in [-0.39, 0.29) is 0 Å². The van der Waals surface area contributed by atoms with Crippen molar-refractivity contribution in [2.24, 2.45) is 0 Å². The highest BCUT2D eigenvalue weighted by atomic mass is 16.3. The second-order valence-electron chi connectivity index (χ2n) is 12.2. The molecule has 0 atom stereocenters. The van der Waals surface area contributed by atoms with Gasteiger partial charge < -0.3 is 24.8 Å². The first-order valence-electron chi connectivity index (χ1n) is 29.1. The third-order valence-corrected chi connectivity index (χ3v) is 9.13. The van der Waals surface area contributed by atoms with Crippen molar-refractivity contribution >= 4 is 75.8 Å². The summed E-state index contributed by atoms with van der Waals surface area (Å²) in [6.45, 7) is 0. The lowest BCUT2D eigenvalue weighted by Gasteiger charge is -2.19. The van der Waals surface area contributed by atoms with Gasteiger partial charge >= 0.3 is 0 Å². The number of hydrogen-bond donors (Lipinski definition) is 4. The summed E-state index contributed by atoms with van der Waals surface area (Å²) in [4.78, 5) is 0. The van der Waals surface area contributed by atoms with Gasteiger partial charge in [0, 0.05) is 27.8 Å². The number of rotatable bonds is 3. The minimum absolute atomic E-state index is 0.597. The highest BCUT2D eigenvalue weighted by Gasteiger charge is 2.22. The Morgan fingerprint density at radius 2 is 1.05 bits per heavy atom. The lowest BCUT2D eigenvalue weighted by Crippen LogP contribution is -1.92. The molecule has 0 aliphatic heterocycles. The molecule has 0 spiro atoms. The predicted octanol–water partition coefficient (Wildman–Crippen LogP) is 13.2. The molecule has 260 valence electrons. The van der Waals surface area contributed by atoms with E-state index in [1.165, 1.54) is 0 Å². The van der Waals surface area contributed by atoms with Crippen LogP contribution in [0.25, 0.3) is 109 Å². The summed E-state index contributed by atoms with van der Waals surface area (Å²) in [5, 5.41) is 36.6. The third-order valence-electron chi connectivity index (χ3n) is 9.13. The van der Waals surface area contributed by atoms with Gasteiger partial charge in [0.25, 0.3) is 0 Å². The number of phenols is 4. The zero-order chi connectivity index (χ0) is 59.6. The van der Waals surface area contributed by atoms with Crippen molar-refractivity contribution in [2.75, 3.05) is 0 Å². The minimum Gasteiger partial charge on any atom is -0.508 e. The SMILES string of the molecule is [2H]c1c([2H])c(-c2c3c([2H])c([2H])c([2H])c([2H])c3c(-c3c([2H])c([2H])c([2H])c4oc5c([2H])c6c(O)c([2H])c(O)c([2H])c6c([2H])c5c34)c3c([2H])c([2H])c(O)c([2H])c23)c([2H])c(-c2c(O)c([2H])c([2H])c3c2c([2H])c([2H])c2c([2H])c([2H])c([2H])c([2H])c23)c1[2H]. The van der Waals surface area contributed by atoms with Crippen molar-refractivity contribution < 1.29 is 60.5 Å². The molecule has 0 saturated carbocycles. The molecule has 5 nitrogen and oxygen atoms in total. The molecular weight excluding hydrogens is 681 g/mol. The average Bonchev–Trinajstić information content (AvgIpc) is 4.11. The monoisotopic (exact) mass is 736 g/mol. The fourth-order valence-corrected chi connectivity index (χ4v) is 6.89. The molecule has 5 heteroatoms. The zero-order valence-corrected chi connectivity index (χ0v) is 27.2. The highest BCUT2D eigenvalue weighted by Crippen LogP contribution is 2.49. The van der Waals surface area contributed by atoms with E-state index in [0.29, 0.717) is 0 Å². The summed E-state index contributed by atoms with van der Waals surface area (Å²) < 4.78 is 243. The van der Waals surface area contributed by atoms with Crippen LogP contribution in [0.1, 0.15) is 35.6 Å². The predicted molar refractivity (Wildman–Crippen MR) is 224 cm³/mol. The molecule has 0 amide bonds. The highest BCUT2D eigenvalue weighted by molar-refractivity contribution is 6.26. The van der Waals surface area contributed by atoms with Crippen LogP contribution in [0, 0.1) is 0 Å². The lowest BCUT2D eigenvalue weighted by atomic mass is 9.84. The van der Waals surface area contributed by atoms with E-state index in [9.17, 15) is 35.5 Å². The number of benzene rings is 10. The Morgan fingerprint density at radius 1 is 0.364 bits per heavy atom. The van der Waals surface area contributed by atoms with Gasteiger partial charge in [0.1, 0.15) is 34.2 Å². The first-order chi connectivity index (χ1) is 37.8. The van der Waals surface area contributed by atoms with Gasteiger partial charge in [-0.1, -0.05) is 103 Å². The van der Waals surface area contributed by atoms with Crippen LogP contribution < -0.4 is 0 Å². The molecule has 4 N–H and O–H groups in total. The summed E-state index contributed by atoms with van der Waals surface area (Å²) in [5.41, 5.74) is -6.90. The van der Waals surface area contributed by atoms with E-state index in [1.54, 1.807) is 0 Å². The van der Waals surface area contributed by atoms with Gasteiger partial charge in [-0.15, -0.1) is 0 Å². The van der Waals surface area contributed by atoms with Crippen LogP contribution in [0.5, 0.6) is 23.0 Å². The Bertz CT molecular complexity index is 4860. The molecule has 0 unspecified atom stereocenters. The number of aromatic hydroxyl groups is 4. The van der Waals surface area contributed by atoms with Gasteiger partial charge in [-0.3, -0.25) is 0 Å². The van der Waals surface area contributed by atoms with Crippen molar-refractivity contribution in [2.45, 2.75) is 0 Å². The average molecular weight is 737 g/mol. The van der Waals surface area contributed by atoms with Crippen molar-refractivity contribution in [1.82, 2.24) is 0 Å². The lowest BCUT2D eigenvalue weighted by molar-refractivity contribution is 0.455. The van der Waals surface area contributed by atoms with E-state index in [2.05, 4.69) is 0 Å². The second kappa shape index (κ2) is 11.5.